The maximum absolute atomic E-state index is 13.4. The van der Waals surface area contributed by atoms with Crippen molar-refractivity contribution in [2.75, 3.05) is 26.2 Å². The molecule has 116 valence electrons. The van der Waals surface area contributed by atoms with E-state index in [-0.39, 0.29) is 18.1 Å². The standard InChI is InChI=1S/C15H20F2N2O2/c16-13-2-1-3-14(17)12(13)10-15(20)19-8-9-21-11-4-6-18-7-5-11/h1-3,11,18H,4-10H2,(H,19,20). The van der Waals surface area contributed by atoms with Gasteiger partial charge in [0.25, 0.3) is 0 Å². The average Bonchev–Trinajstić information content (AvgIpc) is 2.49. The van der Waals surface area contributed by atoms with Crippen LogP contribution in [0.5, 0.6) is 0 Å². The monoisotopic (exact) mass is 298 g/mol. The van der Waals surface area contributed by atoms with Gasteiger partial charge in [-0.25, -0.2) is 8.78 Å². The molecule has 6 heteroatoms. The van der Waals surface area contributed by atoms with E-state index in [4.69, 9.17) is 4.74 Å². The largest absolute Gasteiger partial charge is 0.376 e. The van der Waals surface area contributed by atoms with E-state index >= 15 is 0 Å². The van der Waals surface area contributed by atoms with Crippen LogP contribution >= 0.6 is 0 Å². The quantitative estimate of drug-likeness (QED) is 0.780. The third-order valence-electron chi connectivity index (χ3n) is 3.46. The molecule has 0 unspecified atom stereocenters. The van der Waals surface area contributed by atoms with Gasteiger partial charge in [0, 0.05) is 12.1 Å². The summed E-state index contributed by atoms with van der Waals surface area (Å²) in [5.74, 6) is -1.81. The van der Waals surface area contributed by atoms with Gasteiger partial charge in [0.1, 0.15) is 11.6 Å². The van der Waals surface area contributed by atoms with Gasteiger partial charge in [-0.2, -0.15) is 0 Å². The van der Waals surface area contributed by atoms with E-state index in [2.05, 4.69) is 10.6 Å². The lowest BCUT2D eigenvalue weighted by molar-refractivity contribution is -0.120. The van der Waals surface area contributed by atoms with Gasteiger partial charge in [-0.15, -0.1) is 0 Å². The maximum atomic E-state index is 13.4. The highest BCUT2D eigenvalue weighted by molar-refractivity contribution is 5.78. The minimum Gasteiger partial charge on any atom is -0.376 e. The normalized spacial score (nSPS) is 15.9. The van der Waals surface area contributed by atoms with Crippen molar-refractivity contribution in [2.24, 2.45) is 0 Å². The van der Waals surface area contributed by atoms with Gasteiger partial charge >= 0.3 is 0 Å². The van der Waals surface area contributed by atoms with Crippen LogP contribution in [0.15, 0.2) is 18.2 Å². The molecule has 0 radical (unpaired) electrons. The second-order valence-electron chi connectivity index (χ2n) is 5.05. The van der Waals surface area contributed by atoms with E-state index in [1.807, 2.05) is 0 Å². The van der Waals surface area contributed by atoms with Crippen LogP contribution in [-0.4, -0.2) is 38.3 Å². The molecule has 1 aromatic carbocycles. The Kier molecular flexibility index (Phi) is 6.07. The number of nitrogens with one attached hydrogen (secondary N) is 2. The summed E-state index contributed by atoms with van der Waals surface area (Å²) in [7, 11) is 0. The molecule has 1 amide bonds. The Morgan fingerprint density at radius 2 is 1.95 bits per heavy atom. The molecule has 1 aromatic rings. The summed E-state index contributed by atoms with van der Waals surface area (Å²) in [6.45, 7) is 2.65. The lowest BCUT2D eigenvalue weighted by atomic mass is 10.1. The number of hydrogen-bond donors (Lipinski definition) is 2. The Hall–Kier alpha value is -1.53. The van der Waals surface area contributed by atoms with Crippen molar-refractivity contribution in [1.82, 2.24) is 10.6 Å². The number of amides is 1. The lowest BCUT2D eigenvalue weighted by Crippen LogP contribution is -2.35. The summed E-state index contributed by atoms with van der Waals surface area (Å²) in [6, 6.07) is 3.57. The van der Waals surface area contributed by atoms with Crippen LogP contribution in [0.1, 0.15) is 18.4 Å². The molecule has 4 nitrogen and oxygen atoms in total. The van der Waals surface area contributed by atoms with E-state index in [1.54, 1.807) is 0 Å². The van der Waals surface area contributed by atoms with Crippen LogP contribution in [0.2, 0.25) is 0 Å². The first-order chi connectivity index (χ1) is 10.2. The minimum atomic E-state index is -0.698. The van der Waals surface area contributed by atoms with Crippen LogP contribution < -0.4 is 10.6 Å². The van der Waals surface area contributed by atoms with E-state index in [0.29, 0.717) is 13.2 Å². The van der Waals surface area contributed by atoms with Gasteiger partial charge in [0.2, 0.25) is 5.91 Å². The number of halogens is 2. The van der Waals surface area contributed by atoms with Crippen LogP contribution in [0.4, 0.5) is 8.78 Å². The highest BCUT2D eigenvalue weighted by Gasteiger charge is 2.14. The van der Waals surface area contributed by atoms with Crippen LogP contribution in [0.25, 0.3) is 0 Å². The van der Waals surface area contributed by atoms with Crippen LogP contribution in [-0.2, 0) is 16.0 Å². The molecule has 0 spiro atoms. The highest BCUT2D eigenvalue weighted by atomic mass is 19.1. The number of carbonyl (C=O) groups is 1. The summed E-state index contributed by atoms with van der Waals surface area (Å²) >= 11 is 0. The molecule has 1 heterocycles. The van der Waals surface area contributed by atoms with Crippen LogP contribution in [0.3, 0.4) is 0 Å². The minimum absolute atomic E-state index is 0.200. The molecule has 21 heavy (non-hydrogen) atoms. The summed E-state index contributed by atoms with van der Waals surface area (Å²) < 4.78 is 32.4. The molecular formula is C15H20F2N2O2. The van der Waals surface area contributed by atoms with E-state index in [9.17, 15) is 13.6 Å². The number of ether oxygens (including phenoxy) is 1. The topological polar surface area (TPSA) is 50.4 Å². The lowest BCUT2D eigenvalue weighted by Gasteiger charge is -2.22. The predicted octanol–water partition coefficient (Wildman–Crippen LogP) is 1.39. The summed E-state index contributed by atoms with van der Waals surface area (Å²) in [5.41, 5.74) is -0.200. The molecule has 0 saturated carbocycles. The van der Waals surface area contributed by atoms with Gasteiger partial charge in [0.15, 0.2) is 0 Å². The number of rotatable bonds is 6. The Morgan fingerprint density at radius 1 is 1.29 bits per heavy atom. The van der Waals surface area contributed by atoms with Crippen molar-refractivity contribution < 1.29 is 18.3 Å². The zero-order chi connectivity index (χ0) is 15.1. The fourth-order valence-electron chi connectivity index (χ4n) is 2.30. The van der Waals surface area contributed by atoms with Crippen molar-refractivity contribution in [3.8, 4) is 0 Å². The molecule has 0 bridgehead atoms. The van der Waals surface area contributed by atoms with E-state index < -0.39 is 17.5 Å². The van der Waals surface area contributed by atoms with Crippen molar-refractivity contribution in [2.45, 2.75) is 25.4 Å². The van der Waals surface area contributed by atoms with Gasteiger partial charge in [-0.3, -0.25) is 4.79 Å². The number of hydrogen-bond acceptors (Lipinski definition) is 3. The SMILES string of the molecule is O=C(Cc1c(F)cccc1F)NCCOC1CCNCC1. The van der Waals surface area contributed by atoms with E-state index in [1.165, 1.54) is 6.07 Å². The molecule has 0 atom stereocenters. The Bertz CT molecular complexity index is 456. The molecule has 2 rings (SSSR count). The Labute approximate surface area is 122 Å². The second kappa shape index (κ2) is 8.05. The first-order valence-electron chi connectivity index (χ1n) is 7.18. The van der Waals surface area contributed by atoms with Crippen molar-refractivity contribution >= 4 is 5.91 Å². The van der Waals surface area contributed by atoms with Crippen LogP contribution in [0, 0.1) is 11.6 Å². The fourth-order valence-corrected chi connectivity index (χ4v) is 2.30. The Balaban J connectivity index is 1.67. The average molecular weight is 298 g/mol. The number of piperidine rings is 1. The van der Waals surface area contributed by atoms with Crippen molar-refractivity contribution in [3.05, 3.63) is 35.4 Å². The zero-order valence-electron chi connectivity index (χ0n) is 11.8. The molecule has 1 aliphatic rings. The van der Waals surface area contributed by atoms with Gasteiger partial charge in [-0.05, 0) is 38.1 Å². The molecular weight excluding hydrogens is 278 g/mol. The molecule has 1 aliphatic heterocycles. The summed E-state index contributed by atoms with van der Waals surface area (Å²) in [4.78, 5) is 11.7. The highest BCUT2D eigenvalue weighted by Crippen LogP contribution is 2.12. The second-order valence-corrected chi connectivity index (χ2v) is 5.05. The van der Waals surface area contributed by atoms with Gasteiger partial charge in [-0.1, -0.05) is 6.07 Å². The van der Waals surface area contributed by atoms with Crippen molar-refractivity contribution in [3.63, 3.8) is 0 Å². The molecule has 1 saturated heterocycles. The molecule has 0 aromatic heterocycles. The zero-order valence-corrected chi connectivity index (χ0v) is 11.8. The molecule has 2 N–H and O–H groups in total. The molecule has 0 aliphatic carbocycles. The smallest absolute Gasteiger partial charge is 0.224 e. The third-order valence-corrected chi connectivity index (χ3v) is 3.46. The number of benzene rings is 1. The molecule has 1 fully saturated rings. The summed E-state index contributed by atoms with van der Waals surface area (Å²) in [6.07, 6.45) is 1.86. The van der Waals surface area contributed by atoms with Crippen molar-refractivity contribution in [1.29, 1.82) is 0 Å². The first kappa shape index (κ1) is 15.9. The Morgan fingerprint density at radius 3 is 2.62 bits per heavy atom. The fraction of sp³-hybridized carbons (Fsp3) is 0.533. The first-order valence-corrected chi connectivity index (χ1v) is 7.18. The predicted molar refractivity (Wildman–Crippen MR) is 74.9 cm³/mol. The maximum Gasteiger partial charge on any atom is 0.224 e. The summed E-state index contributed by atoms with van der Waals surface area (Å²) in [5, 5.41) is 5.85. The van der Waals surface area contributed by atoms with E-state index in [0.717, 1.165) is 38.1 Å². The third kappa shape index (κ3) is 5.06. The van der Waals surface area contributed by atoms with Gasteiger partial charge in [0.05, 0.1) is 19.1 Å². The van der Waals surface area contributed by atoms with Gasteiger partial charge < -0.3 is 15.4 Å². The number of carbonyl (C=O) groups excluding carboxylic acids is 1.